The molecule has 8 heteroatoms. The van der Waals surface area contributed by atoms with Crippen LogP contribution in [0.15, 0.2) is 0 Å². The van der Waals surface area contributed by atoms with Gasteiger partial charge in [0.25, 0.3) is 6.29 Å². The van der Waals surface area contributed by atoms with Gasteiger partial charge in [-0.15, -0.1) is 0 Å². The van der Waals surface area contributed by atoms with Crippen LogP contribution in [0.4, 0.5) is 4.79 Å². The quantitative estimate of drug-likeness (QED) is 0.575. The molecule has 2 amide bonds. The van der Waals surface area contributed by atoms with Crippen LogP contribution in [0, 0.1) is 5.92 Å². The Balaban J connectivity index is 2.59. The Kier molecular flexibility index (Phi) is 7.67. The van der Waals surface area contributed by atoms with Crippen molar-refractivity contribution in [3.8, 4) is 0 Å². The van der Waals surface area contributed by atoms with Crippen LogP contribution in [0.5, 0.6) is 0 Å². The number of nitrogens with one attached hydrogen (secondary N) is 1. The smallest absolute Gasteiger partial charge is 0.413 e. The van der Waals surface area contributed by atoms with Crippen molar-refractivity contribution in [2.75, 3.05) is 13.6 Å². The molecule has 0 heterocycles. The molecule has 1 N–H and O–H groups in total. The number of Topliss-reactive ketones (excluding diaryl/α,β-unsaturated/α-hetero) is 1. The zero-order chi connectivity index (χ0) is 18.3. The lowest BCUT2D eigenvalue weighted by molar-refractivity contribution is -0.176. The average molecular weight is 342 g/mol. The number of carbonyl (C=O) groups excluding carboxylic acids is 4. The second kappa shape index (κ2) is 9.24. The molecule has 2 atom stereocenters. The highest BCUT2D eigenvalue weighted by Gasteiger charge is 2.32. The average Bonchev–Trinajstić information content (AvgIpc) is 2.51. The number of ether oxygens (including phenoxy) is 2. The van der Waals surface area contributed by atoms with Crippen LogP contribution in [0.2, 0.25) is 0 Å². The first kappa shape index (κ1) is 19.9. The zero-order valence-electron chi connectivity index (χ0n) is 14.7. The molecule has 0 saturated heterocycles. The van der Waals surface area contributed by atoms with E-state index in [-0.39, 0.29) is 24.2 Å². The number of hydrogen-bond donors (Lipinski definition) is 1. The number of nitrogens with zero attached hydrogens (tertiary/aromatic N) is 1. The molecule has 1 rings (SSSR count). The molecule has 0 bridgehead atoms. The van der Waals surface area contributed by atoms with Gasteiger partial charge in [-0.1, -0.05) is 20.3 Å². The number of likely N-dealkylation sites (N-methyl/N-ethyl adjacent to an activating group) is 1. The van der Waals surface area contributed by atoms with E-state index in [2.05, 4.69) is 5.32 Å². The van der Waals surface area contributed by atoms with Crippen LogP contribution in [0.25, 0.3) is 0 Å². The predicted molar refractivity (Wildman–Crippen MR) is 84.9 cm³/mol. The zero-order valence-corrected chi connectivity index (χ0v) is 14.7. The first-order valence-corrected chi connectivity index (χ1v) is 8.12. The summed E-state index contributed by atoms with van der Waals surface area (Å²) in [5.74, 6) is -1.32. The van der Waals surface area contributed by atoms with E-state index < -0.39 is 24.4 Å². The van der Waals surface area contributed by atoms with Gasteiger partial charge in [0.1, 0.15) is 6.54 Å². The van der Waals surface area contributed by atoms with Gasteiger partial charge in [0, 0.05) is 26.3 Å². The number of rotatable bonds is 6. The highest BCUT2D eigenvalue weighted by Crippen LogP contribution is 2.20. The first-order chi connectivity index (χ1) is 11.2. The van der Waals surface area contributed by atoms with E-state index >= 15 is 0 Å². The van der Waals surface area contributed by atoms with E-state index in [0.29, 0.717) is 12.8 Å². The molecule has 0 aromatic carbocycles. The van der Waals surface area contributed by atoms with E-state index in [1.807, 2.05) is 0 Å². The Labute approximate surface area is 141 Å². The number of hydrogen-bond acceptors (Lipinski definition) is 6. The molecule has 1 aliphatic rings. The fourth-order valence-electron chi connectivity index (χ4n) is 2.35. The van der Waals surface area contributed by atoms with Gasteiger partial charge < -0.3 is 19.7 Å². The summed E-state index contributed by atoms with van der Waals surface area (Å²) in [5, 5.41) is 2.31. The molecule has 0 radical (unpaired) electrons. The molecular weight excluding hydrogens is 316 g/mol. The van der Waals surface area contributed by atoms with Crippen LogP contribution in [0.3, 0.4) is 0 Å². The minimum atomic E-state index is -1.08. The fraction of sp³-hybridized carbons (Fsp3) is 0.750. The maximum atomic E-state index is 12.2. The van der Waals surface area contributed by atoms with Crippen molar-refractivity contribution >= 4 is 23.8 Å². The summed E-state index contributed by atoms with van der Waals surface area (Å²) in [7, 11) is 1.51. The topological polar surface area (TPSA) is 102 Å². The Morgan fingerprint density at radius 2 is 1.92 bits per heavy atom. The van der Waals surface area contributed by atoms with Crippen molar-refractivity contribution in [3.63, 3.8) is 0 Å². The number of esters is 1. The SMILES string of the molecule is CC(=O)NCC(=O)OC(OC(=O)N(C)C1CCCCC1=O)C(C)C. The fourth-order valence-corrected chi connectivity index (χ4v) is 2.35. The standard InChI is InChI=1S/C16H26N2O6/c1-10(2)15(23-14(21)9-17-11(3)19)24-16(22)18(4)12-7-5-6-8-13(12)20/h10,12,15H,5-9H2,1-4H3,(H,17,19). The van der Waals surface area contributed by atoms with Gasteiger partial charge in [0.15, 0.2) is 5.78 Å². The van der Waals surface area contributed by atoms with E-state index in [1.165, 1.54) is 18.9 Å². The second-order valence-electron chi connectivity index (χ2n) is 6.23. The molecule has 0 aromatic rings. The number of amides is 2. The highest BCUT2D eigenvalue weighted by molar-refractivity contribution is 5.88. The molecule has 136 valence electrons. The van der Waals surface area contributed by atoms with Gasteiger partial charge >= 0.3 is 12.1 Å². The lowest BCUT2D eigenvalue weighted by atomic mass is 9.93. The van der Waals surface area contributed by atoms with Crippen LogP contribution in [-0.4, -0.2) is 54.6 Å². The molecule has 1 aliphatic carbocycles. The second-order valence-corrected chi connectivity index (χ2v) is 6.23. The third-order valence-electron chi connectivity index (χ3n) is 3.77. The van der Waals surface area contributed by atoms with Crippen molar-refractivity contribution in [1.82, 2.24) is 10.2 Å². The first-order valence-electron chi connectivity index (χ1n) is 8.12. The Bertz CT molecular complexity index is 491. The monoisotopic (exact) mass is 342 g/mol. The van der Waals surface area contributed by atoms with E-state index in [9.17, 15) is 19.2 Å². The summed E-state index contributed by atoms with van der Waals surface area (Å²) < 4.78 is 10.3. The van der Waals surface area contributed by atoms with Gasteiger partial charge in [-0.05, 0) is 12.8 Å². The maximum absolute atomic E-state index is 12.2. The molecule has 0 spiro atoms. The molecule has 1 saturated carbocycles. The number of ketones is 1. The van der Waals surface area contributed by atoms with Crippen LogP contribution >= 0.6 is 0 Å². The van der Waals surface area contributed by atoms with Crippen LogP contribution < -0.4 is 5.32 Å². The van der Waals surface area contributed by atoms with Gasteiger partial charge in [0.2, 0.25) is 5.91 Å². The van der Waals surface area contributed by atoms with Crippen LogP contribution in [-0.2, 0) is 23.9 Å². The summed E-state index contributed by atoms with van der Waals surface area (Å²) in [6, 6.07) is -0.492. The Morgan fingerprint density at radius 3 is 2.46 bits per heavy atom. The molecule has 2 unspecified atom stereocenters. The lowest BCUT2D eigenvalue weighted by Crippen LogP contribution is -2.46. The van der Waals surface area contributed by atoms with Crippen molar-refractivity contribution in [2.24, 2.45) is 5.92 Å². The number of carbonyl (C=O) groups is 4. The van der Waals surface area contributed by atoms with E-state index in [0.717, 1.165) is 12.8 Å². The van der Waals surface area contributed by atoms with Crippen molar-refractivity contribution in [1.29, 1.82) is 0 Å². The van der Waals surface area contributed by atoms with Gasteiger partial charge in [-0.25, -0.2) is 4.79 Å². The molecular formula is C16H26N2O6. The van der Waals surface area contributed by atoms with Gasteiger partial charge in [-0.2, -0.15) is 0 Å². The van der Waals surface area contributed by atoms with Crippen molar-refractivity contribution in [3.05, 3.63) is 0 Å². The summed E-state index contributed by atoms with van der Waals surface area (Å²) in [5.41, 5.74) is 0. The van der Waals surface area contributed by atoms with Crippen molar-refractivity contribution in [2.45, 2.75) is 58.8 Å². The third-order valence-corrected chi connectivity index (χ3v) is 3.77. The Hall–Kier alpha value is -2.12. The Morgan fingerprint density at radius 1 is 1.25 bits per heavy atom. The van der Waals surface area contributed by atoms with Crippen LogP contribution in [0.1, 0.15) is 46.5 Å². The van der Waals surface area contributed by atoms with Crippen molar-refractivity contribution < 1.29 is 28.7 Å². The van der Waals surface area contributed by atoms with Gasteiger partial charge in [-0.3, -0.25) is 14.4 Å². The maximum Gasteiger partial charge on any atom is 0.413 e. The largest absolute Gasteiger partial charge is 0.423 e. The molecule has 0 aliphatic heterocycles. The summed E-state index contributed by atoms with van der Waals surface area (Å²) in [6.07, 6.45) is 1.00. The summed E-state index contributed by atoms with van der Waals surface area (Å²) in [6.45, 7) is 4.45. The molecule has 8 nitrogen and oxygen atoms in total. The summed E-state index contributed by atoms with van der Waals surface area (Å²) in [4.78, 5) is 47.9. The predicted octanol–water partition coefficient (Wildman–Crippen LogP) is 1.23. The molecule has 1 fully saturated rings. The van der Waals surface area contributed by atoms with E-state index in [4.69, 9.17) is 9.47 Å². The van der Waals surface area contributed by atoms with E-state index in [1.54, 1.807) is 13.8 Å². The normalized spacial score (nSPS) is 18.7. The molecule has 0 aromatic heterocycles. The lowest BCUT2D eigenvalue weighted by Gasteiger charge is -2.31. The molecule has 24 heavy (non-hydrogen) atoms. The minimum Gasteiger partial charge on any atom is -0.423 e. The minimum absolute atomic E-state index is 0.0180. The highest BCUT2D eigenvalue weighted by atomic mass is 16.7. The van der Waals surface area contributed by atoms with Gasteiger partial charge in [0.05, 0.1) is 6.04 Å². The third kappa shape index (κ3) is 6.17. The summed E-state index contributed by atoms with van der Waals surface area (Å²) >= 11 is 0.